The zero-order chi connectivity index (χ0) is 14.2. The van der Waals surface area contributed by atoms with Gasteiger partial charge in [-0.15, -0.1) is 0 Å². The zero-order valence-corrected chi connectivity index (χ0v) is 11.1. The second kappa shape index (κ2) is 4.66. The van der Waals surface area contributed by atoms with Crippen LogP contribution in [0, 0.1) is 5.95 Å². The molecule has 0 amide bonds. The number of hydrogen-bond donors (Lipinski definition) is 1. The van der Waals surface area contributed by atoms with Gasteiger partial charge in [-0.25, -0.2) is 4.98 Å². The first-order chi connectivity index (χ1) is 10.3. The molecular weight excluding hydrogens is 265 g/mol. The van der Waals surface area contributed by atoms with E-state index in [0.717, 1.165) is 22.4 Å². The highest BCUT2D eigenvalue weighted by molar-refractivity contribution is 5.84. The molecule has 21 heavy (non-hydrogen) atoms. The molecular formula is C17H12FN3. The first-order valence-electron chi connectivity index (χ1n) is 6.75. The predicted octanol–water partition coefficient (Wildman–Crippen LogP) is 3.80. The van der Waals surface area contributed by atoms with Crippen molar-refractivity contribution < 1.29 is 4.39 Å². The lowest BCUT2D eigenvalue weighted by Gasteiger charge is -2.29. The molecule has 0 bridgehead atoms. The van der Waals surface area contributed by atoms with Crippen LogP contribution in [0.25, 0.3) is 11.1 Å². The summed E-state index contributed by atoms with van der Waals surface area (Å²) in [5.74, 6) is -0.441. The maximum atomic E-state index is 14.3. The minimum atomic E-state index is -0.441. The molecule has 4 heteroatoms. The number of anilines is 1. The average Bonchev–Trinajstić information content (AvgIpc) is 2.55. The summed E-state index contributed by atoms with van der Waals surface area (Å²) in [6.07, 6.45) is 4.97. The Labute approximate surface area is 121 Å². The zero-order valence-electron chi connectivity index (χ0n) is 11.1. The van der Waals surface area contributed by atoms with Crippen LogP contribution in [-0.4, -0.2) is 9.97 Å². The molecule has 0 fully saturated rings. The number of aromatic nitrogens is 2. The van der Waals surface area contributed by atoms with Gasteiger partial charge in [-0.2, -0.15) is 4.39 Å². The third-order valence-corrected chi connectivity index (χ3v) is 3.77. The van der Waals surface area contributed by atoms with Gasteiger partial charge in [0, 0.05) is 35.4 Å². The van der Waals surface area contributed by atoms with Gasteiger partial charge in [-0.3, -0.25) is 4.98 Å². The molecule has 102 valence electrons. The van der Waals surface area contributed by atoms with E-state index in [1.807, 2.05) is 42.5 Å². The van der Waals surface area contributed by atoms with Crippen LogP contribution >= 0.6 is 0 Å². The Hall–Kier alpha value is -2.75. The normalized spacial score (nSPS) is 15.8. The maximum absolute atomic E-state index is 14.3. The number of pyridine rings is 2. The Morgan fingerprint density at radius 1 is 0.952 bits per heavy atom. The number of para-hydroxylation sites is 1. The highest BCUT2D eigenvalue weighted by Gasteiger charge is 2.28. The number of fused-ring (bicyclic) bond motifs is 3. The van der Waals surface area contributed by atoms with Gasteiger partial charge in [0.15, 0.2) is 0 Å². The van der Waals surface area contributed by atoms with E-state index in [0.29, 0.717) is 5.56 Å². The van der Waals surface area contributed by atoms with E-state index < -0.39 is 5.95 Å². The van der Waals surface area contributed by atoms with E-state index in [1.54, 1.807) is 12.4 Å². The van der Waals surface area contributed by atoms with Crippen LogP contribution in [0.5, 0.6) is 0 Å². The fraction of sp³-hybridized carbons (Fsp3) is 0.0588. The summed E-state index contributed by atoms with van der Waals surface area (Å²) in [6, 6.07) is 13.3. The largest absolute Gasteiger partial charge is 0.373 e. The fourth-order valence-corrected chi connectivity index (χ4v) is 2.83. The second-order valence-electron chi connectivity index (χ2n) is 4.97. The van der Waals surface area contributed by atoms with Gasteiger partial charge < -0.3 is 5.32 Å². The molecule has 1 aliphatic rings. The minimum absolute atomic E-state index is 0.280. The van der Waals surface area contributed by atoms with Gasteiger partial charge in [-0.05, 0) is 29.3 Å². The van der Waals surface area contributed by atoms with Gasteiger partial charge in [0.05, 0.1) is 6.04 Å². The van der Waals surface area contributed by atoms with Gasteiger partial charge >= 0.3 is 0 Å². The van der Waals surface area contributed by atoms with Gasteiger partial charge in [0.2, 0.25) is 5.95 Å². The number of hydrogen-bond acceptors (Lipinski definition) is 3. The Balaban J connectivity index is 1.98. The summed E-state index contributed by atoms with van der Waals surface area (Å²) in [7, 11) is 0. The molecule has 0 saturated carbocycles. The lowest BCUT2D eigenvalue weighted by Crippen LogP contribution is -2.20. The SMILES string of the molecule is Fc1nccc2c1C(c1cccnc1)Nc1ccccc1-2. The van der Waals surface area contributed by atoms with Crippen molar-refractivity contribution in [3.05, 3.63) is 78.1 Å². The average molecular weight is 277 g/mol. The van der Waals surface area contributed by atoms with Crippen molar-refractivity contribution >= 4 is 5.69 Å². The summed E-state index contributed by atoms with van der Waals surface area (Å²) in [4.78, 5) is 7.95. The van der Waals surface area contributed by atoms with Crippen molar-refractivity contribution in [2.24, 2.45) is 0 Å². The fourth-order valence-electron chi connectivity index (χ4n) is 2.83. The highest BCUT2D eigenvalue weighted by atomic mass is 19.1. The Bertz CT molecular complexity index is 802. The molecule has 3 aromatic rings. The molecule has 0 aliphatic carbocycles. The smallest absolute Gasteiger partial charge is 0.219 e. The molecule has 0 spiro atoms. The molecule has 0 saturated heterocycles. The number of benzene rings is 1. The van der Waals surface area contributed by atoms with Crippen molar-refractivity contribution in [3.63, 3.8) is 0 Å². The highest BCUT2D eigenvalue weighted by Crippen LogP contribution is 2.43. The van der Waals surface area contributed by atoms with E-state index in [2.05, 4.69) is 15.3 Å². The predicted molar refractivity (Wildman–Crippen MR) is 79.3 cm³/mol. The Morgan fingerprint density at radius 3 is 2.71 bits per heavy atom. The summed E-state index contributed by atoms with van der Waals surface area (Å²) in [5, 5.41) is 3.39. The van der Waals surface area contributed by atoms with Crippen molar-refractivity contribution in [2.75, 3.05) is 5.32 Å². The van der Waals surface area contributed by atoms with Crippen LogP contribution < -0.4 is 5.32 Å². The molecule has 1 aromatic carbocycles. The summed E-state index contributed by atoms with van der Waals surface area (Å²) in [6.45, 7) is 0. The molecule has 4 rings (SSSR count). The molecule has 1 unspecified atom stereocenters. The van der Waals surface area contributed by atoms with Crippen molar-refractivity contribution in [3.8, 4) is 11.1 Å². The summed E-state index contributed by atoms with van der Waals surface area (Å²) < 4.78 is 14.3. The quantitative estimate of drug-likeness (QED) is 0.687. The van der Waals surface area contributed by atoms with Crippen molar-refractivity contribution in [1.82, 2.24) is 9.97 Å². The molecule has 3 heterocycles. The van der Waals surface area contributed by atoms with Crippen molar-refractivity contribution in [2.45, 2.75) is 6.04 Å². The van der Waals surface area contributed by atoms with Crippen LogP contribution in [0.1, 0.15) is 17.2 Å². The Morgan fingerprint density at radius 2 is 1.86 bits per heavy atom. The molecule has 3 nitrogen and oxygen atoms in total. The molecule has 1 aliphatic heterocycles. The van der Waals surface area contributed by atoms with Crippen LogP contribution in [0.4, 0.5) is 10.1 Å². The summed E-state index contributed by atoms with van der Waals surface area (Å²) in [5.41, 5.74) is 4.36. The standard InChI is InChI=1S/C17H12FN3/c18-17-15-13(7-9-20-17)12-5-1-2-6-14(12)21-16(15)11-4-3-8-19-10-11/h1-10,16,21H. The topological polar surface area (TPSA) is 37.8 Å². The van der Waals surface area contributed by atoms with Crippen LogP contribution in [0.2, 0.25) is 0 Å². The third-order valence-electron chi connectivity index (χ3n) is 3.77. The first kappa shape index (κ1) is 12.0. The van der Waals surface area contributed by atoms with Gasteiger partial charge in [0.1, 0.15) is 0 Å². The third kappa shape index (κ3) is 1.88. The van der Waals surface area contributed by atoms with E-state index in [4.69, 9.17) is 0 Å². The minimum Gasteiger partial charge on any atom is -0.373 e. The van der Waals surface area contributed by atoms with E-state index in [1.165, 1.54) is 6.20 Å². The van der Waals surface area contributed by atoms with E-state index in [-0.39, 0.29) is 6.04 Å². The van der Waals surface area contributed by atoms with Crippen molar-refractivity contribution in [1.29, 1.82) is 0 Å². The van der Waals surface area contributed by atoms with Crippen LogP contribution in [0.15, 0.2) is 61.1 Å². The van der Waals surface area contributed by atoms with Gasteiger partial charge in [-0.1, -0.05) is 24.3 Å². The lowest BCUT2D eigenvalue weighted by atomic mass is 9.88. The summed E-state index contributed by atoms with van der Waals surface area (Å²) >= 11 is 0. The number of halogens is 1. The molecule has 0 radical (unpaired) electrons. The lowest BCUT2D eigenvalue weighted by molar-refractivity contribution is 0.562. The molecule has 1 atom stereocenters. The number of rotatable bonds is 1. The monoisotopic (exact) mass is 277 g/mol. The van der Waals surface area contributed by atoms with E-state index >= 15 is 0 Å². The molecule has 2 aromatic heterocycles. The van der Waals surface area contributed by atoms with Crippen LogP contribution in [-0.2, 0) is 0 Å². The maximum Gasteiger partial charge on any atom is 0.219 e. The first-order valence-corrected chi connectivity index (χ1v) is 6.75. The second-order valence-corrected chi connectivity index (χ2v) is 4.97. The molecule has 1 N–H and O–H groups in total. The van der Waals surface area contributed by atoms with Crippen LogP contribution in [0.3, 0.4) is 0 Å². The van der Waals surface area contributed by atoms with E-state index in [9.17, 15) is 4.39 Å². The Kier molecular flexibility index (Phi) is 2.67. The van der Waals surface area contributed by atoms with Gasteiger partial charge in [0.25, 0.3) is 0 Å². The number of nitrogens with one attached hydrogen (secondary N) is 1. The number of nitrogens with zero attached hydrogens (tertiary/aromatic N) is 2.